The number of benzene rings is 3. The van der Waals surface area contributed by atoms with Gasteiger partial charge in [0.25, 0.3) is 0 Å². The molecule has 8 heteroatoms. The Labute approximate surface area is 248 Å². The highest BCUT2D eigenvalue weighted by atomic mass is 16.5. The smallest absolute Gasteiger partial charge is 0.319 e. The monoisotopic (exact) mass is 570 g/mol. The van der Waals surface area contributed by atoms with Gasteiger partial charge in [-0.25, -0.2) is 4.79 Å². The minimum Gasteiger partial charge on any atom is -0.497 e. The second kappa shape index (κ2) is 15.1. The molecule has 222 valence electrons. The van der Waals surface area contributed by atoms with Crippen LogP contribution in [0.25, 0.3) is 0 Å². The van der Waals surface area contributed by atoms with Crippen molar-refractivity contribution in [2.45, 2.75) is 58.4 Å². The zero-order valence-corrected chi connectivity index (χ0v) is 24.8. The van der Waals surface area contributed by atoms with Crippen molar-refractivity contribution in [1.82, 2.24) is 10.2 Å². The zero-order chi connectivity index (χ0) is 29.9. The van der Waals surface area contributed by atoms with Crippen LogP contribution < -0.4 is 20.7 Å². The van der Waals surface area contributed by atoms with Gasteiger partial charge in [-0.1, -0.05) is 55.8 Å². The second-order valence-corrected chi connectivity index (χ2v) is 10.9. The topological polar surface area (TPSA) is 99.8 Å². The molecule has 42 heavy (non-hydrogen) atoms. The molecular formula is C34H42N4O4. The molecule has 1 atom stereocenters. The number of nitrogens with one attached hydrogen (secondary N) is 3. The number of amides is 4. The lowest BCUT2D eigenvalue weighted by atomic mass is 9.94. The normalized spacial score (nSPS) is 14.1. The number of hydrogen-bond acceptors (Lipinski definition) is 4. The molecular weight excluding hydrogens is 528 g/mol. The number of anilines is 2. The SMILES string of the molecule is CCCCc1ccc(NC(=O)N[C@@H](Cc2ccccc2)C(=O)N2CCC(C(=O)Nc3ccc(OC)cc3)CC2)c(C)c1. The minimum absolute atomic E-state index is 0.0540. The lowest BCUT2D eigenvalue weighted by Crippen LogP contribution is -2.53. The lowest BCUT2D eigenvalue weighted by Gasteiger charge is -2.34. The summed E-state index contributed by atoms with van der Waals surface area (Å²) in [4.78, 5) is 41.5. The van der Waals surface area contributed by atoms with Gasteiger partial charge < -0.3 is 25.6 Å². The molecule has 0 spiro atoms. The van der Waals surface area contributed by atoms with Crippen LogP contribution in [-0.2, 0) is 22.4 Å². The number of hydrogen-bond donors (Lipinski definition) is 3. The van der Waals surface area contributed by atoms with Crippen molar-refractivity contribution < 1.29 is 19.1 Å². The number of urea groups is 1. The third kappa shape index (κ3) is 8.59. The van der Waals surface area contributed by atoms with E-state index in [4.69, 9.17) is 4.74 Å². The summed E-state index contributed by atoms with van der Waals surface area (Å²) in [6.07, 6.45) is 4.76. The van der Waals surface area contributed by atoms with Crippen LogP contribution in [0.4, 0.5) is 16.2 Å². The van der Waals surface area contributed by atoms with Gasteiger partial charge in [-0.2, -0.15) is 0 Å². The fraction of sp³-hybridized carbons (Fsp3) is 0.382. The largest absolute Gasteiger partial charge is 0.497 e. The molecule has 0 aromatic heterocycles. The number of piperidine rings is 1. The number of methoxy groups -OCH3 is 1. The van der Waals surface area contributed by atoms with Crippen molar-refractivity contribution in [3.8, 4) is 5.75 Å². The Morgan fingerprint density at radius 2 is 1.64 bits per heavy atom. The van der Waals surface area contributed by atoms with Crippen molar-refractivity contribution in [2.75, 3.05) is 30.8 Å². The maximum absolute atomic E-state index is 13.7. The van der Waals surface area contributed by atoms with Gasteiger partial charge >= 0.3 is 6.03 Å². The molecule has 4 rings (SSSR count). The lowest BCUT2D eigenvalue weighted by molar-refractivity contribution is -0.136. The second-order valence-electron chi connectivity index (χ2n) is 10.9. The summed E-state index contributed by atoms with van der Waals surface area (Å²) >= 11 is 0. The maximum atomic E-state index is 13.7. The molecule has 1 saturated heterocycles. The molecule has 3 N–H and O–H groups in total. The van der Waals surface area contributed by atoms with Gasteiger partial charge in [0, 0.05) is 36.8 Å². The van der Waals surface area contributed by atoms with Crippen LogP contribution in [0.5, 0.6) is 5.75 Å². The van der Waals surface area contributed by atoms with Crippen molar-refractivity contribution in [3.05, 3.63) is 89.5 Å². The molecule has 0 saturated carbocycles. The van der Waals surface area contributed by atoms with E-state index in [0.29, 0.717) is 38.0 Å². The number of carbonyl (C=O) groups excluding carboxylic acids is 3. The predicted octanol–water partition coefficient (Wildman–Crippen LogP) is 5.96. The zero-order valence-electron chi connectivity index (χ0n) is 24.8. The average Bonchev–Trinajstić information content (AvgIpc) is 3.01. The number of rotatable bonds is 11. The predicted molar refractivity (Wildman–Crippen MR) is 167 cm³/mol. The van der Waals surface area contributed by atoms with Crippen LogP contribution >= 0.6 is 0 Å². The highest BCUT2D eigenvalue weighted by Crippen LogP contribution is 2.23. The van der Waals surface area contributed by atoms with Crippen molar-refractivity contribution in [3.63, 3.8) is 0 Å². The summed E-state index contributed by atoms with van der Waals surface area (Å²) in [6.45, 7) is 5.05. The van der Waals surface area contributed by atoms with Crippen LogP contribution in [0.3, 0.4) is 0 Å². The molecule has 3 aromatic rings. The third-order valence-corrected chi connectivity index (χ3v) is 7.78. The van der Waals surface area contributed by atoms with E-state index in [9.17, 15) is 14.4 Å². The highest BCUT2D eigenvalue weighted by molar-refractivity contribution is 5.95. The van der Waals surface area contributed by atoms with Crippen LogP contribution in [0.1, 0.15) is 49.3 Å². The Morgan fingerprint density at radius 1 is 0.929 bits per heavy atom. The molecule has 1 aliphatic heterocycles. The molecule has 0 bridgehead atoms. The Bertz CT molecular complexity index is 1340. The Morgan fingerprint density at radius 3 is 2.29 bits per heavy atom. The number of likely N-dealkylation sites (tertiary alicyclic amines) is 1. The average molecular weight is 571 g/mol. The van der Waals surface area contributed by atoms with Gasteiger partial charge in [0.05, 0.1) is 7.11 Å². The van der Waals surface area contributed by atoms with E-state index >= 15 is 0 Å². The minimum atomic E-state index is -0.735. The van der Waals surface area contributed by atoms with Gasteiger partial charge in [0.1, 0.15) is 11.8 Å². The number of unbranched alkanes of at least 4 members (excludes halogenated alkanes) is 1. The molecule has 3 aromatic carbocycles. The van der Waals surface area contributed by atoms with Gasteiger partial charge in [-0.3, -0.25) is 9.59 Å². The Kier molecular flexibility index (Phi) is 11.0. The number of ether oxygens (including phenoxy) is 1. The van der Waals surface area contributed by atoms with E-state index in [2.05, 4.69) is 28.9 Å². The van der Waals surface area contributed by atoms with Gasteiger partial charge in [-0.05, 0) is 79.6 Å². The first kappa shape index (κ1) is 30.6. The van der Waals surface area contributed by atoms with Crippen molar-refractivity contribution in [2.24, 2.45) is 5.92 Å². The highest BCUT2D eigenvalue weighted by Gasteiger charge is 2.32. The summed E-state index contributed by atoms with van der Waals surface area (Å²) in [5.74, 6) is 0.335. The summed E-state index contributed by atoms with van der Waals surface area (Å²) in [5, 5.41) is 8.84. The van der Waals surface area contributed by atoms with E-state index in [0.717, 1.165) is 41.8 Å². The fourth-order valence-corrected chi connectivity index (χ4v) is 5.27. The van der Waals surface area contributed by atoms with Crippen LogP contribution in [-0.4, -0.2) is 49.0 Å². The van der Waals surface area contributed by atoms with Crippen LogP contribution in [0.2, 0.25) is 0 Å². The summed E-state index contributed by atoms with van der Waals surface area (Å²) in [5.41, 5.74) is 4.63. The van der Waals surface area contributed by atoms with Crippen LogP contribution in [0.15, 0.2) is 72.8 Å². The summed E-state index contributed by atoms with van der Waals surface area (Å²) in [7, 11) is 1.60. The molecule has 1 heterocycles. The molecule has 0 aliphatic carbocycles. The summed E-state index contributed by atoms with van der Waals surface area (Å²) < 4.78 is 5.18. The van der Waals surface area contributed by atoms with E-state index < -0.39 is 12.1 Å². The van der Waals surface area contributed by atoms with Crippen molar-refractivity contribution >= 4 is 29.2 Å². The first-order valence-corrected chi connectivity index (χ1v) is 14.8. The summed E-state index contributed by atoms with van der Waals surface area (Å²) in [6, 6.07) is 21.8. The van der Waals surface area contributed by atoms with E-state index in [1.165, 1.54) is 5.56 Å². The standard InChI is InChI=1S/C34H42N4O4/c1-4-5-9-26-12-17-30(24(2)22-26)36-34(41)37-31(23-25-10-7-6-8-11-25)33(40)38-20-18-27(19-21-38)32(39)35-28-13-15-29(42-3)16-14-28/h6-8,10-17,22,27,31H,4-5,9,18-21,23H2,1-3H3,(H,35,39)(H2,36,37,41)/t31-/m0/s1. The maximum Gasteiger partial charge on any atom is 0.319 e. The quantitative estimate of drug-likeness (QED) is 0.265. The van der Waals surface area contributed by atoms with E-state index in [-0.39, 0.29) is 17.7 Å². The van der Waals surface area contributed by atoms with E-state index in [1.807, 2.05) is 61.5 Å². The first-order chi connectivity index (χ1) is 20.4. The fourth-order valence-electron chi connectivity index (χ4n) is 5.27. The number of aryl methyl sites for hydroxylation is 2. The van der Waals surface area contributed by atoms with Gasteiger partial charge in [0.2, 0.25) is 11.8 Å². The van der Waals surface area contributed by atoms with Crippen LogP contribution in [0, 0.1) is 12.8 Å². The molecule has 4 amide bonds. The molecule has 1 fully saturated rings. The Balaban J connectivity index is 1.37. The van der Waals surface area contributed by atoms with Gasteiger partial charge in [-0.15, -0.1) is 0 Å². The molecule has 8 nitrogen and oxygen atoms in total. The number of nitrogens with zero attached hydrogens (tertiary/aromatic N) is 1. The molecule has 1 aliphatic rings. The third-order valence-electron chi connectivity index (χ3n) is 7.78. The Hall–Kier alpha value is -4.33. The van der Waals surface area contributed by atoms with Crippen molar-refractivity contribution in [1.29, 1.82) is 0 Å². The van der Waals surface area contributed by atoms with E-state index in [1.54, 1.807) is 24.1 Å². The number of carbonyl (C=O) groups is 3. The molecule has 0 unspecified atom stereocenters. The first-order valence-electron chi connectivity index (χ1n) is 14.8. The molecule has 0 radical (unpaired) electrons. The van der Waals surface area contributed by atoms with Gasteiger partial charge in [0.15, 0.2) is 0 Å².